The van der Waals surface area contributed by atoms with Gasteiger partial charge in [-0.25, -0.2) is 4.79 Å². The van der Waals surface area contributed by atoms with E-state index < -0.39 is 5.97 Å². The van der Waals surface area contributed by atoms with E-state index in [2.05, 4.69) is 0 Å². The Morgan fingerprint density at radius 2 is 2.27 bits per heavy atom. The van der Waals surface area contributed by atoms with E-state index in [1.807, 2.05) is 6.92 Å². The first-order chi connectivity index (χ1) is 7.08. The second kappa shape index (κ2) is 3.34. The SMILES string of the molecule is CC1COc2cc(C(=O)O)c(N)cc2O1. The van der Waals surface area contributed by atoms with Crippen LogP contribution in [0.5, 0.6) is 11.5 Å². The van der Waals surface area contributed by atoms with Crippen LogP contribution in [-0.4, -0.2) is 23.8 Å². The Hall–Kier alpha value is -1.91. The normalized spacial score (nSPS) is 18.6. The molecule has 3 N–H and O–H groups in total. The summed E-state index contributed by atoms with van der Waals surface area (Å²) in [5.41, 5.74) is 5.79. The number of ether oxygens (including phenoxy) is 2. The average Bonchev–Trinajstić information content (AvgIpc) is 2.15. The van der Waals surface area contributed by atoms with Crippen molar-refractivity contribution in [3.05, 3.63) is 17.7 Å². The van der Waals surface area contributed by atoms with Crippen molar-refractivity contribution < 1.29 is 19.4 Å². The fraction of sp³-hybridized carbons (Fsp3) is 0.300. The van der Waals surface area contributed by atoms with E-state index in [1.165, 1.54) is 12.1 Å². The Morgan fingerprint density at radius 1 is 1.53 bits per heavy atom. The molecule has 0 saturated carbocycles. The minimum Gasteiger partial charge on any atom is -0.486 e. The largest absolute Gasteiger partial charge is 0.486 e. The van der Waals surface area contributed by atoms with Gasteiger partial charge in [-0.15, -0.1) is 0 Å². The minimum absolute atomic E-state index is 0.0342. The van der Waals surface area contributed by atoms with Gasteiger partial charge in [0.05, 0.1) is 11.3 Å². The molecule has 1 unspecified atom stereocenters. The molecule has 0 radical (unpaired) electrons. The van der Waals surface area contributed by atoms with Crippen LogP contribution in [0.1, 0.15) is 17.3 Å². The van der Waals surface area contributed by atoms with Crippen molar-refractivity contribution in [2.45, 2.75) is 13.0 Å². The number of carboxylic acid groups (broad SMARTS) is 1. The third-order valence-electron chi connectivity index (χ3n) is 2.15. The molecule has 1 aliphatic heterocycles. The summed E-state index contributed by atoms with van der Waals surface area (Å²) >= 11 is 0. The monoisotopic (exact) mass is 209 g/mol. The third-order valence-corrected chi connectivity index (χ3v) is 2.15. The predicted octanol–water partition coefficient (Wildman–Crippen LogP) is 1.13. The number of rotatable bonds is 1. The van der Waals surface area contributed by atoms with Gasteiger partial charge in [-0.05, 0) is 6.92 Å². The van der Waals surface area contributed by atoms with Crippen LogP contribution in [0.25, 0.3) is 0 Å². The first-order valence-electron chi connectivity index (χ1n) is 4.54. The van der Waals surface area contributed by atoms with Gasteiger partial charge in [-0.3, -0.25) is 0 Å². The molecule has 0 fully saturated rings. The topological polar surface area (TPSA) is 81.8 Å². The van der Waals surface area contributed by atoms with Crippen LogP contribution in [0.4, 0.5) is 5.69 Å². The smallest absolute Gasteiger partial charge is 0.337 e. The van der Waals surface area contributed by atoms with Crippen LogP contribution < -0.4 is 15.2 Å². The zero-order valence-corrected chi connectivity index (χ0v) is 8.19. The number of nitrogens with two attached hydrogens (primary N) is 1. The highest BCUT2D eigenvalue weighted by atomic mass is 16.6. The quantitative estimate of drug-likeness (QED) is 0.677. The fourth-order valence-corrected chi connectivity index (χ4v) is 1.42. The number of benzene rings is 1. The van der Waals surface area contributed by atoms with E-state index in [0.29, 0.717) is 18.1 Å². The third kappa shape index (κ3) is 1.68. The molecular weight excluding hydrogens is 198 g/mol. The first kappa shape index (κ1) is 9.64. The molecule has 0 saturated heterocycles. The highest BCUT2D eigenvalue weighted by Gasteiger charge is 2.21. The number of hydrogen-bond donors (Lipinski definition) is 2. The van der Waals surface area contributed by atoms with Gasteiger partial charge in [0.2, 0.25) is 0 Å². The summed E-state index contributed by atoms with van der Waals surface area (Å²) in [5, 5.41) is 8.84. The molecule has 1 aliphatic rings. The molecule has 2 rings (SSSR count). The van der Waals surface area contributed by atoms with Gasteiger partial charge in [-0.2, -0.15) is 0 Å². The van der Waals surface area contributed by atoms with E-state index in [-0.39, 0.29) is 17.4 Å². The van der Waals surface area contributed by atoms with Gasteiger partial charge in [0.15, 0.2) is 11.5 Å². The van der Waals surface area contributed by atoms with Crippen LogP contribution in [-0.2, 0) is 0 Å². The standard InChI is InChI=1S/C10H11NO4/c1-5-4-14-8-2-6(10(12)13)7(11)3-9(8)15-5/h2-3,5H,4,11H2,1H3,(H,12,13). The van der Waals surface area contributed by atoms with Crippen molar-refractivity contribution >= 4 is 11.7 Å². The van der Waals surface area contributed by atoms with E-state index in [9.17, 15) is 4.79 Å². The lowest BCUT2D eigenvalue weighted by molar-refractivity contribution is 0.0695. The van der Waals surface area contributed by atoms with E-state index in [4.69, 9.17) is 20.3 Å². The molecule has 0 spiro atoms. The molecule has 0 bridgehead atoms. The van der Waals surface area contributed by atoms with Crippen LogP contribution in [0.15, 0.2) is 12.1 Å². The molecular formula is C10H11NO4. The fourth-order valence-electron chi connectivity index (χ4n) is 1.42. The molecule has 1 heterocycles. The van der Waals surface area contributed by atoms with Gasteiger partial charge in [0.25, 0.3) is 0 Å². The van der Waals surface area contributed by atoms with Crippen molar-refractivity contribution in [1.82, 2.24) is 0 Å². The summed E-state index contributed by atoms with van der Waals surface area (Å²) in [7, 11) is 0. The molecule has 5 heteroatoms. The van der Waals surface area contributed by atoms with Gasteiger partial charge < -0.3 is 20.3 Å². The van der Waals surface area contributed by atoms with Crippen LogP contribution in [0.3, 0.4) is 0 Å². The van der Waals surface area contributed by atoms with Gasteiger partial charge in [0.1, 0.15) is 12.7 Å². The molecule has 0 amide bonds. The van der Waals surface area contributed by atoms with Gasteiger partial charge in [0, 0.05) is 12.1 Å². The zero-order chi connectivity index (χ0) is 11.0. The number of anilines is 1. The van der Waals surface area contributed by atoms with Crippen molar-refractivity contribution in [2.24, 2.45) is 0 Å². The second-order valence-electron chi connectivity index (χ2n) is 3.43. The summed E-state index contributed by atoms with van der Waals surface area (Å²) in [6.45, 7) is 2.28. The van der Waals surface area contributed by atoms with Crippen LogP contribution in [0, 0.1) is 0 Å². The molecule has 5 nitrogen and oxygen atoms in total. The lowest BCUT2D eigenvalue weighted by Crippen LogP contribution is -2.26. The maximum atomic E-state index is 10.8. The first-order valence-corrected chi connectivity index (χ1v) is 4.54. The van der Waals surface area contributed by atoms with Crippen molar-refractivity contribution in [3.63, 3.8) is 0 Å². The number of aromatic carboxylic acids is 1. The Kier molecular flexibility index (Phi) is 2.15. The van der Waals surface area contributed by atoms with Crippen LogP contribution in [0.2, 0.25) is 0 Å². The zero-order valence-electron chi connectivity index (χ0n) is 8.19. The predicted molar refractivity (Wildman–Crippen MR) is 53.4 cm³/mol. The summed E-state index contributed by atoms with van der Waals surface area (Å²) in [6.07, 6.45) is -0.0485. The summed E-state index contributed by atoms with van der Waals surface area (Å²) < 4.78 is 10.8. The summed E-state index contributed by atoms with van der Waals surface area (Å²) in [6, 6.07) is 2.87. The van der Waals surface area contributed by atoms with E-state index in [0.717, 1.165) is 0 Å². The molecule has 1 atom stereocenters. The average molecular weight is 209 g/mol. The second-order valence-corrected chi connectivity index (χ2v) is 3.43. The molecule has 1 aromatic carbocycles. The number of carboxylic acids is 1. The lowest BCUT2D eigenvalue weighted by atomic mass is 10.1. The molecule has 0 aromatic heterocycles. The van der Waals surface area contributed by atoms with E-state index >= 15 is 0 Å². The van der Waals surface area contributed by atoms with Gasteiger partial charge >= 0.3 is 5.97 Å². The maximum absolute atomic E-state index is 10.8. The summed E-state index contributed by atoms with van der Waals surface area (Å²) in [5.74, 6) is -0.145. The number of fused-ring (bicyclic) bond motifs is 1. The van der Waals surface area contributed by atoms with Crippen molar-refractivity contribution in [3.8, 4) is 11.5 Å². The Balaban J connectivity index is 2.46. The Labute approximate surface area is 86.4 Å². The maximum Gasteiger partial charge on any atom is 0.337 e. The van der Waals surface area contributed by atoms with E-state index in [1.54, 1.807) is 0 Å². The molecule has 1 aromatic rings. The van der Waals surface area contributed by atoms with Crippen molar-refractivity contribution in [1.29, 1.82) is 0 Å². The highest BCUT2D eigenvalue weighted by Crippen LogP contribution is 2.35. The minimum atomic E-state index is -1.07. The molecule has 15 heavy (non-hydrogen) atoms. The summed E-state index contributed by atoms with van der Waals surface area (Å²) in [4.78, 5) is 10.8. The highest BCUT2D eigenvalue weighted by molar-refractivity contribution is 5.94. The number of nitrogen functional groups attached to an aromatic ring is 1. The lowest BCUT2D eigenvalue weighted by Gasteiger charge is -2.24. The van der Waals surface area contributed by atoms with Gasteiger partial charge in [-0.1, -0.05) is 0 Å². The Morgan fingerprint density at radius 3 is 2.93 bits per heavy atom. The van der Waals surface area contributed by atoms with Crippen LogP contribution >= 0.6 is 0 Å². The van der Waals surface area contributed by atoms with Crippen molar-refractivity contribution in [2.75, 3.05) is 12.3 Å². The Bertz CT molecular complexity index is 416. The number of hydrogen-bond acceptors (Lipinski definition) is 4. The molecule has 0 aliphatic carbocycles. The molecule has 80 valence electrons. The number of carbonyl (C=O) groups is 1.